The Morgan fingerprint density at radius 1 is 1.15 bits per heavy atom. The van der Waals surface area contributed by atoms with Crippen LogP contribution in [0.3, 0.4) is 0 Å². The van der Waals surface area contributed by atoms with E-state index < -0.39 is 5.91 Å². The van der Waals surface area contributed by atoms with Crippen LogP contribution in [0.15, 0.2) is 54.6 Å². The maximum absolute atomic E-state index is 11.0. The predicted molar refractivity (Wildman–Crippen MR) is 98.4 cm³/mol. The van der Waals surface area contributed by atoms with Crippen LogP contribution in [0.1, 0.15) is 0 Å². The summed E-state index contributed by atoms with van der Waals surface area (Å²) >= 11 is 0. The molecule has 0 saturated carbocycles. The molecule has 1 amide bonds. The van der Waals surface area contributed by atoms with Gasteiger partial charge in [-0.15, -0.1) is 0 Å². The minimum atomic E-state index is -0.528. The number of aromatic amines is 1. The summed E-state index contributed by atoms with van der Waals surface area (Å²) in [5.74, 6) is 0.657. The number of rotatable bonds is 5. The second-order valence-electron chi connectivity index (χ2n) is 5.87. The van der Waals surface area contributed by atoms with Crippen molar-refractivity contribution >= 4 is 17.1 Å². The Hall–Kier alpha value is -3.61. The highest BCUT2D eigenvalue weighted by atomic mass is 16.5. The van der Waals surface area contributed by atoms with Crippen molar-refractivity contribution in [2.75, 3.05) is 6.61 Å². The molecule has 4 aromatic rings. The third-order valence-electron chi connectivity index (χ3n) is 4.04. The molecule has 0 aliphatic rings. The van der Waals surface area contributed by atoms with Gasteiger partial charge in [0, 0.05) is 12.6 Å². The maximum atomic E-state index is 11.0. The van der Waals surface area contributed by atoms with E-state index in [1.807, 2.05) is 55.6 Å². The Balaban J connectivity index is 1.81. The number of amides is 1. The molecule has 0 aliphatic carbocycles. The van der Waals surface area contributed by atoms with Crippen LogP contribution < -0.4 is 10.5 Å². The van der Waals surface area contributed by atoms with Crippen LogP contribution in [0.2, 0.25) is 0 Å². The first kappa shape index (κ1) is 15.9. The monoisotopic (exact) mass is 347 g/mol. The lowest BCUT2D eigenvalue weighted by atomic mass is 10.1. The Labute approximate surface area is 149 Å². The summed E-state index contributed by atoms with van der Waals surface area (Å²) in [6.07, 6.45) is 0. The number of hydrogen-bond acceptors (Lipinski definition) is 4. The number of para-hydroxylation sites is 1. The summed E-state index contributed by atoms with van der Waals surface area (Å²) in [7, 11) is 1.86. The number of nitrogens with zero attached hydrogens (tertiary/aromatic N) is 3. The summed E-state index contributed by atoms with van der Waals surface area (Å²) in [6.45, 7) is -0.186. The van der Waals surface area contributed by atoms with E-state index in [0.29, 0.717) is 11.6 Å². The SMILES string of the molecule is Cn1nc(-c2ccccc2)c2[nH]c(-c3ccccc3OCC(N)=O)nc21. The smallest absolute Gasteiger partial charge is 0.255 e. The van der Waals surface area contributed by atoms with E-state index >= 15 is 0 Å². The van der Waals surface area contributed by atoms with Crippen molar-refractivity contribution in [1.82, 2.24) is 19.7 Å². The van der Waals surface area contributed by atoms with E-state index in [9.17, 15) is 4.79 Å². The molecule has 2 aromatic carbocycles. The zero-order chi connectivity index (χ0) is 18.1. The zero-order valence-corrected chi connectivity index (χ0v) is 14.1. The van der Waals surface area contributed by atoms with Crippen molar-refractivity contribution in [3.8, 4) is 28.4 Å². The molecule has 7 nitrogen and oxygen atoms in total. The van der Waals surface area contributed by atoms with E-state index in [4.69, 9.17) is 10.5 Å². The highest BCUT2D eigenvalue weighted by molar-refractivity contribution is 5.90. The fourth-order valence-corrected chi connectivity index (χ4v) is 2.87. The van der Waals surface area contributed by atoms with Gasteiger partial charge in [-0.2, -0.15) is 5.10 Å². The van der Waals surface area contributed by atoms with Crippen molar-refractivity contribution in [1.29, 1.82) is 0 Å². The number of H-pyrrole nitrogens is 1. The molecule has 130 valence electrons. The molecule has 0 bridgehead atoms. The van der Waals surface area contributed by atoms with Crippen LogP contribution in [0, 0.1) is 0 Å². The van der Waals surface area contributed by atoms with E-state index in [1.54, 1.807) is 10.7 Å². The van der Waals surface area contributed by atoms with Crippen molar-refractivity contribution in [2.45, 2.75) is 0 Å². The molecule has 0 saturated heterocycles. The molecular formula is C19H17N5O2. The van der Waals surface area contributed by atoms with Gasteiger partial charge in [-0.3, -0.25) is 4.79 Å². The van der Waals surface area contributed by atoms with Crippen LogP contribution in [0.25, 0.3) is 33.8 Å². The molecule has 0 spiro atoms. The summed E-state index contributed by atoms with van der Waals surface area (Å²) < 4.78 is 7.25. The number of ether oxygens (including phenoxy) is 1. The van der Waals surface area contributed by atoms with Crippen molar-refractivity contribution in [3.63, 3.8) is 0 Å². The quantitative estimate of drug-likeness (QED) is 0.579. The molecule has 0 atom stereocenters. The zero-order valence-electron chi connectivity index (χ0n) is 14.1. The van der Waals surface area contributed by atoms with Crippen molar-refractivity contribution in [2.24, 2.45) is 12.8 Å². The van der Waals surface area contributed by atoms with Crippen LogP contribution in [-0.2, 0) is 11.8 Å². The third kappa shape index (κ3) is 2.79. The van der Waals surface area contributed by atoms with Crippen LogP contribution in [0.4, 0.5) is 0 Å². The normalized spacial score (nSPS) is 11.0. The van der Waals surface area contributed by atoms with Gasteiger partial charge in [0.25, 0.3) is 5.91 Å². The minimum Gasteiger partial charge on any atom is -0.483 e. The highest BCUT2D eigenvalue weighted by Crippen LogP contribution is 2.32. The molecule has 7 heteroatoms. The molecule has 26 heavy (non-hydrogen) atoms. The number of nitrogens with one attached hydrogen (secondary N) is 1. The molecule has 0 unspecified atom stereocenters. The van der Waals surface area contributed by atoms with E-state index in [0.717, 1.165) is 28.0 Å². The van der Waals surface area contributed by atoms with Gasteiger partial charge >= 0.3 is 0 Å². The first-order valence-electron chi connectivity index (χ1n) is 8.12. The van der Waals surface area contributed by atoms with Crippen molar-refractivity contribution in [3.05, 3.63) is 54.6 Å². The van der Waals surface area contributed by atoms with Gasteiger partial charge in [-0.05, 0) is 12.1 Å². The summed E-state index contributed by atoms with van der Waals surface area (Å²) in [6, 6.07) is 17.3. The molecule has 4 rings (SSSR count). The van der Waals surface area contributed by atoms with Gasteiger partial charge in [-0.25, -0.2) is 9.67 Å². The van der Waals surface area contributed by atoms with Gasteiger partial charge in [0.15, 0.2) is 12.3 Å². The largest absolute Gasteiger partial charge is 0.483 e. The Morgan fingerprint density at radius 2 is 1.88 bits per heavy atom. The number of fused-ring (bicyclic) bond motifs is 1. The number of carbonyl (C=O) groups is 1. The molecular weight excluding hydrogens is 330 g/mol. The molecule has 0 radical (unpaired) electrons. The molecule has 2 heterocycles. The fourth-order valence-electron chi connectivity index (χ4n) is 2.87. The van der Waals surface area contributed by atoms with Gasteiger partial charge in [-0.1, -0.05) is 42.5 Å². The average Bonchev–Trinajstić information content (AvgIpc) is 3.22. The Morgan fingerprint density at radius 3 is 2.65 bits per heavy atom. The van der Waals surface area contributed by atoms with Gasteiger partial charge in [0.05, 0.1) is 5.56 Å². The highest BCUT2D eigenvalue weighted by Gasteiger charge is 2.18. The lowest BCUT2D eigenvalue weighted by Crippen LogP contribution is -2.20. The standard InChI is InChI=1S/C19H17N5O2/c1-24-19-17(16(23-24)12-7-3-2-4-8-12)21-18(22-19)13-9-5-6-10-14(13)26-11-15(20)25/h2-10H,11H2,1H3,(H2,20,25)(H,21,22). The van der Waals surface area contributed by atoms with Crippen LogP contribution in [0.5, 0.6) is 5.75 Å². The van der Waals surface area contributed by atoms with Gasteiger partial charge in [0.2, 0.25) is 0 Å². The van der Waals surface area contributed by atoms with Crippen LogP contribution in [-0.4, -0.2) is 32.3 Å². The molecule has 0 fully saturated rings. The first-order chi connectivity index (χ1) is 12.6. The third-order valence-corrected chi connectivity index (χ3v) is 4.04. The Bertz CT molecular complexity index is 1080. The first-order valence-corrected chi connectivity index (χ1v) is 8.12. The van der Waals surface area contributed by atoms with Gasteiger partial charge in [0.1, 0.15) is 22.8 Å². The number of aromatic nitrogens is 4. The summed E-state index contributed by atoms with van der Waals surface area (Å²) in [5, 5.41) is 4.57. The van der Waals surface area contributed by atoms with Crippen LogP contribution >= 0.6 is 0 Å². The molecule has 3 N–H and O–H groups in total. The number of aryl methyl sites for hydroxylation is 1. The number of hydrogen-bond donors (Lipinski definition) is 2. The predicted octanol–water partition coefficient (Wildman–Crippen LogP) is 2.49. The Kier molecular flexibility index (Phi) is 3.89. The summed E-state index contributed by atoms with van der Waals surface area (Å²) in [4.78, 5) is 19.0. The lowest BCUT2D eigenvalue weighted by Gasteiger charge is -2.08. The van der Waals surface area contributed by atoms with E-state index in [2.05, 4.69) is 15.1 Å². The van der Waals surface area contributed by atoms with Crippen molar-refractivity contribution < 1.29 is 9.53 Å². The number of imidazole rings is 1. The summed E-state index contributed by atoms with van der Waals surface area (Å²) in [5.41, 5.74) is 9.35. The number of benzene rings is 2. The number of nitrogens with two attached hydrogens (primary N) is 1. The maximum Gasteiger partial charge on any atom is 0.255 e. The average molecular weight is 347 g/mol. The molecule has 2 aromatic heterocycles. The van der Waals surface area contributed by atoms with Gasteiger partial charge < -0.3 is 15.5 Å². The topological polar surface area (TPSA) is 98.8 Å². The second kappa shape index (κ2) is 6.36. The fraction of sp³-hybridized carbons (Fsp3) is 0.105. The number of primary amides is 1. The lowest BCUT2D eigenvalue weighted by molar-refractivity contribution is -0.119. The second-order valence-corrected chi connectivity index (χ2v) is 5.87. The van der Waals surface area contributed by atoms with E-state index in [-0.39, 0.29) is 6.61 Å². The van der Waals surface area contributed by atoms with E-state index in [1.165, 1.54) is 0 Å². The number of carbonyl (C=O) groups excluding carboxylic acids is 1. The minimum absolute atomic E-state index is 0.186. The molecule has 0 aliphatic heterocycles.